The van der Waals surface area contributed by atoms with Gasteiger partial charge < -0.3 is 10.6 Å². The second-order valence-electron chi connectivity index (χ2n) is 4.34. The lowest BCUT2D eigenvalue weighted by molar-refractivity contribution is -0.121. The van der Waals surface area contributed by atoms with Gasteiger partial charge in [-0.25, -0.2) is 4.98 Å². The number of hydrogen-bond acceptors (Lipinski definition) is 4. The number of aryl methyl sites for hydroxylation is 1. The number of carbonyl (C=O) groups is 1. The zero-order valence-electron chi connectivity index (χ0n) is 9.93. The summed E-state index contributed by atoms with van der Waals surface area (Å²) < 4.78 is 1.66. The average Bonchev–Trinajstić information content (AvgIpc) is 2.99. The maximum Gasteiger partial charge on any atom is 0.221 e. The van der Waals surface area contributed by atoms with Crippen molar-refractivity contribution < 1.29 is 4.79 Å². The summed E-state index contributed by atoms with van der Waals surface area (Å²) in [5.41, 5.74) is 0. The molecule has 17 heavy (non-hydrogen) atoms. The highest BCUT2D eigenvalue weighted by atomic mass is 16.1. The van der Waals surface area contributed by atoms with Crippen LogP contribution in [0.3, 0.4) is 0 Å². The summed E-state index contributed by atoms with van der Waals surface area (Å²) in [6.45, 7) is 2.46. The van der Waals surface area contributed by atoms with Gasteiger partial charge in [0.1, 0.15) is 12.7 Å². The summed E-state index contributed by atoms with van der Waals surface area (Å²) in [5, 5.41) is 10.3. The zero-order valence-corrected chi connectivity index (χ0v) is 9.93. The van der Waals surface area contributed by atoms with Crippen molar-refractivity contribution in [2.45, 2.75) is 38.3 Å². The molecule has 1 aromatic heterocycles. The third-order valence-corrected chi connectivity index (χ3v) is 3.01. The molecule has 6 heteroatoms. The molecule has 1 saturated heterocycles. The standard InChI is InChI=1S/C11H19N5O/c17-11(4-7-16-9-12-8-15-16)14-6-3-10-2-1-5-13-10/h8-10,13H,1-7H2,(H,14,17)/t10-/m1/s1. The van der Waals surface area contributed by atoms with Crippen LogP contribution in [0.25, 0.3) is 0 Å². The third kappa shape index (κ3) is 4.14. The van der Waals surface area contributed by atoms with Crippen molar-refractivity contribution in [1.29, 1.82) is 0 Å². The molecule has 0 unspecified atom stereocenters. The first-order valence-electron chi connectivity index (χ1n) is 6.17. The van der Waals surface area contributed by atoms with E-state index in [1.807, 2.05) is 0 Å². The van der Waals surface area contributed by atoms with Gasteiger partial charge in [-0.05, 0) is 25.8 Å². The van der Waals surface area contributed by atoms with Gasteiger partial charge in [-0.15, -0.1) is 0 Å². The van der Waals surface area contributed by atoms with Crippen molar-refractivity contribution in [3.05, 3.63) is 12.7 Å². The molecule has 2 rings (SSSR count). The molecule has 1 atom stereocenters. The highest BCUT2D eigenvalue weighted by Crippen LogP contribution is 2.07. The molecule has 1 fully saturated rings. The van der Waals surface area contributed by atoms with Crippen LogP contribution in [0.5, 0.6) is 0 Å². The van der Waals surface area contributed by atoms with Crippen LogP contribution in [-0.2, 0) is 11.3 Å². The van der Waals surface area contributed by atoms with E-state index in [-0.39, 0.29) is 5.91 Å². The second kappa shape index (κ2) is 6.34. The topological polar surface area (TPSA) is 71.8 Å². The van der Waals surface area contributed by atoms with Gasteiger partial charge >= 0.3 is 0 Å². The monoisotopic (exact) mass is 237 g/mol. The van der Waals surface area contributed by atoms with E-state index in [9.17, 15) is 4.79 Å². The van der Waals surface area contributed by atoms with Crippen molar-refractivity contribution in [3.8, 4) is 0 Å². The Morgan fingerprint density at radius 3 is 3.24 bits per heavy atom. The lowest BCUT2D eigenvalue weighted by Gasteiger charge is -2.10. The van der Waals surface area contributed by atoms with Gasteiger partial charge in [0.15, 0.2) is 0 Å². The van der Waals surface area contributed by atoms with Gasteiger partial charge in [0.25, 0.3) is 0 Å². The molecular formula is C11H19N5O. The average molecular weight is 237 g/mol. The number of aromatic nitrogens is 3. The molecule has 94 valence electrons. The van der Waals surface area contributed by atoms with Gasteiger partial charge in [0, 0.05) is 19.0 Å². The maximum absolute atomic E-state index is 11.5. The number of amides is 1. The van der Waals surface area contributed by atoms with Crippen molar-refractivity contribution >= 4 is 5.91 Å². The number of nitrogens with one attached hydrogen (secondary N) is 2. The number of nitrogens with zero attached hydrogens (tertiary/aromatic N) is 3. The van der Waals surface area contributed by atoms with E-state index in [1.165, 1.54) is 19.2 Å². The Morgan fingerprint density at radius 2 is 2.53 bits per heavy atom. The Bertz CT molecular complexity index is 332. The molecule has 1 aromatic rings. The minimum Gasteiger partial charge on any atom is -0.356 e. The number of rotatable bonds is 6. The van der Waals surface area contributed by atoms with Crippen molar-refractivity contribution in [2.75, 3.05) is 13.1 Å². The summed E-state index contributed by atoms with van der Waals surface area (Å²) in [5.74, 6) is 0.0819. The van der Waals surface area contributed by atoms with Crippen LogP contribution < -0.4 is 10.6 Å². The lowest BCUT2D eigenvalue weighted by Crippen LogP contribution is -2.31. The maximum atomic E-state index is 11.5. The lowest BCUT2D eigenvalue weighted by atomic mass is 10.1. The molecule has 0 radical (unpaired) electrons. The van der Waals surface area contributed by atoms with Crippen molar-refractivity contribution in [2.24, 2.45) is 0 Å². The summed E-state index contributed by atoms with van der Waals surface area (Å²) in [7, 11) is 0. The summed E-state index contributed by atoms with van der Waals surface area (Å²) in [6, 6.07) is 0.589. The van der Waals surface area contributed by atoms with Crippen molar-refractivity contribution in [3.63, 3.8) is 0 Å². The molecule has 1 aliphatic heterocycles. The molecule has 2 heterocycles. The Labute approximate surface area is 101 Å². The summed E-state index contributed by atoms with van der Waals surface area (Å²) in [4.78, 5) is 15.3. The normalized spacial score (nSPS) is 19.4. The fraction of sp³-hybridized carbons (Fsp3) is 0.727. The fourth-order valence-electron chi connectivity index (χ4n) is 2.04. The first-order valence-corrected chi connectivity index (χ1v) is 6.17. The van der Waals surface area contributed by atoms with Crippen LogP contribution in [0.4, 0.5) is 0 Å². The largest absolute Gasteiger partial charge is 0.356 e. The van der Waals surface area contributed by atoms with E-state index in [1.54, 1.807) is 11.0 Å². The molecule has 2 N–H and O–H groups in total. The van der Waals surface area contributed by atoms with Gasteiger partial charge in [0.05, 0.1) is 6.54 Å². The molecule has 0 spiro atoms. The van der Waals surface area contributed by atoms with Crippen LogP contribution >= 0.6 is 0 Å². The van der Waals surface area contributed by atoms with Crippen LogP contribution in [0, 0.1) is 0 Å². The first-order chi connectivity index (χ1) is 8.34. The van der Waals surface area contributed by atoms with E-state index in [0.717, 1.165) is 19.5 Å². The third-order valence-electron chi connectivity index (χ3n) is 3.01. The highest BCUT2D eigenvalue weighted by molar-refractivity contribution is 5.75. The Morgan fingerprint density at radius 1 is 1.59 bits per heavy atom. The molecule has 0 saturated carbocycles. The molecule has 6 nitrogen and oxygen atoms in total. The van der Waals surface area contributed by atoms with Crippen LogP contribution in [0.15, 0.2) is 12.7 Å². The molecule has 1 amide bonds. The Kier molecular flexibility index (Phi) is 4.49. The van der Waals surface area contributed by atoms with E-state index < -0.39 is 0 Å². The Hall–Kier alpha value is -1.43. The second-order valence-corrected chi connectivity index (χ2v) is 4.34. The minimum absolute atomic E-state index is 0.0819. The van der Waals surface area contributed by atoms with Gasteiger partial charge in [-0.2, -0.15) is 5.10 Å². The molecule has 0 aromatic carbocycles. The SMILES string of the molecule is O=C(CCn1cncn1)NCC[C@H]1CCCN1. The van der Waals surface area contributed by atoms with Crippen molar-refractivity contribution in [1.82, 2.24) is 25.4 Å². The fourth-order valence-corrected chi connectivity index (χ4v) is 2.04. The smallest absolute Gasteiger partial charge is 0.221 e. The van der Waals surface area contributed by atoms with E-state index >= 15 is 0 Å². The van der Waals surface area contributed by atoms with E-state index in [2.05, 4.69) is 20.7 Å². The van der Waals surface area contributed by atoms with Gasteiger partial charge in [-0.1, -0.05) is 0 Å². The van der Waals surface area contributed by atoms with Gasteiger partial charge in [-0.3, -0.25) is 9.48 Å². The van der Waals surface area contributed by atoms with Crippen LogP contribution in [-0.4, -0.2) is 39.8 Å². The molecule has 0 aliphatic carbocycles. The molecule has 0 bridgehead atoms. The first kappa shape index (κ1) is 12.0. The zero-order chi connectivity index (χ0) is 11.9. The van der Waals surface area contributed by atoms with Gasteiger partial charge in [0.2, 0.25) is 5.91 Å². The van der Waals surface area contributed by atoms with Crippen LogP contribution in [0.2, 0.25) is 0 Å². The molecular weight excluding hydrogens is 218 g/mol. The number of hydrogen-bond donors (Lipinski definition) is 2. The predicted molar refractivity (Wildman–Crippen MR) is 63.3 cm³/mol. The minimum atomic E-state index is 0.0819. The quantitative estimate of drug-likeness (QED) is 0.726. The van der Waals surface area contributed by atoms with E-state index in [4.69, 9.17) is 0 Å². The summed E-state index contributed by atoms with van der Waals surface area (Å²) in [6.07, 6.45) is 7.07. The van der Waals surface area contributed by atoms with Crippen LogP contribution in [0.1, 0.15) is 25.7 Å². The molecule has 1 aliphatic rings. The predicted octanol–water partition coefficient (Wildman–Crippen LogP) is -0.0735. The van der Waals surface area contributed by atoms with E-state index in [0.29, 0.717) is 19.0 Å². The highest BCUT2D eigenvalue weighted by Gasteiger charge is 2.13. The number of carbonyl (C=O) groups excluding carboxylic acids is 1. The summed E-state index contributed by atoms with van der Waals surface area (Å²) >= 11 is 0. The Balaban J connectivity index is 1.54.